The minimum Gasteiger partial charge on any atom is -0.464 e. The molecule has 1 aliphatic heterocycles. The number of carbonyl (C=O) groups is 1. The molecule has 1 aromatic carbocycles. The van der Waals surface area contributed by atoms with Crippen LogP contribution in [0.3, 0.4) is 0 Å². The summed E-state index contributed by atoms with van der Waals surface area (Å²) in [5, 5.41) is 16.2. The second-order valence-corrected chi connectivity index (χ2v) is 9.04. The molecule has 0 radical (unpaired) electrons. The molecule has 1 saturated heterocycles. The van der Waals surface area contributed by atoms with Crippen LogP contribution in [0.25, 0.3) is 33.1 Å². The fraction of sp³-hybridized carbons (Fsp3) is 0.308. The average Bonchev–Trinajstić information content (AvgIpc) is 3.40. The Morgan fingerprint density at radius 1 is 1.27 bits per heavy atom. The fourth-order valence-corrected chi connectivity index (χ4v) is 4.85. The molecule has 206 valence electrons. The van der Waals surface area contributed by atoms with Crippen LogP contribution in [0.4, 0.5) is 23.4 Å². The van der Waals surface area contributed by atoms with E-state index in [-0.39, 0.29) is 66.2 Å². The quantitative estimate of drug-likeness (QED) is 0.275. The highest BCUT2D eigenvalue weighted by Crippen LogP contribution is 2.41. The van der Waals surface area contributed by atoms with Gasteiger partial charge in [0.15, 0.2) is 11.6 Å². The van der Waals surface area contributed by atoms with Gasteiger partial charge in [0.2, 0.25) is 0 Å². The van der Waals surface area contributed by atoms with Crippen molar-refractivity contribution in [2.45, 2.75) is 25.6 Å². The molecule has 4 aromatic rings. The molecule has 40 heavy (non-hydrogen) atoms. The summed E-state index contributed by atoms with van der Waals surface area (Å²) >= 11 is 0. The number of H-pyrrole nitrogens is 1. The Balaban J connectivity index is 1.63. The Kier molecular flexibility index (Phi) is 6.97. The van der Waals surface area contributed by atoms with E-state index in [1.54, 1.807) is 11.8 Å². The minimum atomic E-state index is -4.64. The molecular weight excluding hydrogens is 532 g/mol. The van der Waals surface area contributed by atoms with Gasteiger partial charge in [-0.1, -0.05) is 6.58 Å². The van der Waals surface area contributed by atoms with E-state index in [4.69, 9.17) is 4.74 Å². The molecule has 1 amide bonds. The maximum Gasteiger partial charge on any atom is 0.417 e. The first-order valence-corrected chi connectivity index (χ1v) is 12.2. The second-order valence-electron chi connectivity index (χ2n) is 9.04. The molecule has 5 rings (SSSR count). The number of ether oxygens (including phenoxy) is 1. The first-order valence-electron chi connectivity index (χ1n) is 12.2. The number of carbonyl (C=O) groups excluding carboxylic acids is 1. The number of fused-ring (bicyclic) bond motifs is 2. The van der Waals surface area contributed by atoms with E-state index in [2.05, 4.69) is 31.7 Å². The zero-order chi connectivity index (χ0) is 28.6. The summed E-state index contributed by atoms with van der Waals surface area (Å²) in [6.45, 7) is 5.45. The molecule has 4 heterocycles. The van der Waals surface area contributed by atoms with Gasteiger partial charge in [-0.2, -0.15) is 33.5 Å². The van der Waals surface area contributed by atoms with Gasteiger partial charge in [0, 0.05) is 42.3 Å². The molecule has 0 aliphatic carbocycles. The molecule has 0 spiro atoms. The fourth-order valence-electron chi connectivity index (χ4n) is 4.85. The average molecular weight is 555 g/mol. The van der Waals surface area contributed by atoms with Crippen molar-refractivity contribution in [1.29, 1.82) is 5.26 Å². The monoisotopic (exact) mass is 554 g/mol. The minimum absolute atomic E-state index is 0.0195. The Morgan fingerprint density at radius 3 is 2.77 bits per heavy atom. The van der Waals surface area contributed by atoms with Gasteiger partial charge < -0.3 is 14.5 Å². The molecular formula is C26H22F4N8O2. The lowest BCUT2D eigenvalue weighted by Gasteiger charge is -2.40. The van der Waals surface area contributed by atoms with E-state index in [0.717, 1.165) is 6.07 Å². The maximum atomic E-state index is 14.0. The van der Waals surface area contributed by atoms with E-state index in [1.165, 1.54) is 29.4 Å². The number of nitrogens with zero attached hydrogens (tertiary/aromatic N) is 7. The van der Waals surface area contributed by atoms with Crippen LogP contribution in [0.5, 0.6) is 6.01 Å². The SMILES string of the molecule is C=C(F)C(=O)N1CCN(c2nc(OCC)nc3cc(-c4c(C(F)(F)F)ccc5[nH]ncc45)cnc23)CC1CC#N. The van der Waals surface area contributed by atoms with Gasteiger partial charge >= 0.3 is 12.2 Å². The van der Waals surface area contributed by atoms with Gasteiger partial charge in [-0.3, -0.25) is 14.9 Å². The summed E-state index contributed by atoms with van der Waals surface area (Å²) in [6, 6.07) is 5.11. The third-order valence-electron chi connectivity index (χ3n) is 6.59. The number of piperazine rings is 1. The standard InChI is InChI=1S/C26H22F4N8O2/c1-3-40-25-34-20-10-15(21-17-12-33-36-19(17)5-4-18(21)26(28,29)30)11-32-22(20)23(35-25)37-8-9-38(24(39)14(2)27)16(13-37)6-7-31/h4-5,10-12,16H,2-3,6,8-9,13H2,1H3,(H,33,36). The Bertz CT molecular complexity index is 1660. The summed E-state index contributed by atoms with van der Waals surface area (Å²) in [5.41, 5.74) is 0.152. The maximum absolute atomic E-state index is 14.0. The highest BCUT2D eigenvalue weighted by Gasteiger charge is 2.36. The Hall–Kier alpha value is -4.80. The van der Waals surface area contributed by atoms with Crippen LogP contribution in [0.15, 0.2) is 43.0 Å². The smallest absolute Gasteiger partial charge is 0.417 e. The van der Waals surface area contributed by atoms with Crippen molar-refractivity contribution in [3.63, 3.8) is 0 Å². The number of nitriles is 1. The Labute approximate surface area is 224 Å². The lowest BCUT2D eigenvalue weighted by Crippen LogP contribution is -2.55. The van der Waals surface area contributed by atoms with Crippen LogP contribution < -0.4 is 9.64 Å². The first kappa shape index (κ1) is 26.8. The first-order chi connectivity index (χ1) is 19.1. The van der Waals surface area contributed by atoms with Crippen molar-refractivity contribution < 1.29 is 27.1 Å². The molecule has 1 atom stereocenters. The van der Waals surface area contributed by atoms with Crippen molar-refractivity contribution in [1.82, 2.24) is 30.0 Å². The summed E-state index contributed by atoms with van der Waals surface area (Å²) in [6.07, 6.45) is -2.07. The Morgan fingerprint density at radius 2 is 2.08 bits per heavy atom. The number of aromatic amines is 1. The zero-order valence-corrected chi connectivity index (χ0v) is 21.2. The van der Waals surface area contributed by atoms with Gasteiger partial charge in [0.1, 0.15) is 5.52 Å². The van der Waals surface area contributed by atoms with Crippen molar-refractivity contribution in [2.24, 2.45) is 0 Å². The number of halogens is 4. The van der Waals surface area contributed by atoms with Crippen molar-refractivity contribution >= 4 is 33.7 Å². The molecule has 1 fully saturated rings. The summed E-state index contributed by atoms with van der Waals surface area (Å²) in [4.78, 5) is 28.6. The van der Waals surface area contributed by atoms with Crippen LogP contribution in [0.1, 0.15) is 18.9 Å². The predicted molar refractivity (Wildman–Crippen MR) is 137 cm³/mol. The molecule has 1 N–H and O–H groups in total. The lowest BCUT2D eigenvalue weighted by molar-refractivity contribution is -0.137. The number of pyridine rings is 1. The van der Waals surface area contributed by atoms with Crippen LogP contribution in [0, 0.1) is 11.3 Å². The van der Waals surface area contributed by atoms with E-state index in [1.807, 2.05) is 6.07 Å². The van der Waals surface area contributed by atoms with Crippen LogP contribution in [0.2, 0.25) is 0 Å². The number of hydrogen-bond donors (Lipinski definition) is 1. The number of aromatic nitrogens is 5. The van der Waals surface area contributed by atoms with Gasteiger partial charge in [0.25, 0.3) is 5.91 Å². The molecule has 10 nitrogen and oxygen atoms in total. The van der Waals surface area contributed by atoms with Crippen LogP contribution in [-0.2, 0) is 11.0 Å². The predicted octanol–water partition coefficient (Wildman–Crippen LogP) is 4.40. The largest absolute Gasteiger partial charge is 0.464 e. The molecule has 1 aliphatic rings. The van der Waals surface area contributed by atoms with Crippen LogP contribution >= 0.6 is 0 Å². The highest BCUT2D eigenvalue weighted by atomic mass is 19.4. The van der Waals surface area contributed by atoms with Gasteiger partial charge in [-0.15, -0.1) is 0 Å². The molecule has 3 aromatic heterocycles. The van der Waals surface area contributed by atoms with E-state index >= 15 is 0 Å². The number of rotatable bonds is 6. The molecule has 1 unspecified atom stereocenters. The summed E-state index contributed by atoms with van der Waals surface area (Å²) < 4.78 is 61.2. The zero-order valence-electron chi connectivity index (χ0n) is 21.2. The number of anilines is 1. The number of alkyl halides is 3. The third kappa shape index (κ3) is 4.86. The second kappa shape index (κ2) is 10.4. The van der Waals surface area contributed by atoms with E-state index in [9.17, 15) is 27.6 Å². The number of nitrogens with one attached hydrogen (secondary N) is 1. The summed E-state index contributed by atoms with van der Waals surface area (Å²) in [5.74, 6) is -1.70. The lowest BCUT2D eigenvalue weighted by atomic mass is 9.96. The van der Waals surface area contributed by atoms with Gasteiger partial charge in [0.05, 0.1) is 47.9 Å². The summed E-state index contributed by atoms with van der Waals surface area (Å²) in [7, 11) is 0. The molecule has 14 heteroatoms. The van der Waals surface area contributed by atoms with E-state index < -0.39 is 29.5 Å². The van der Waals surface area contributed by atoms with Crippen molar-refractivity contribution in [3.05, 3.63) is 48.6 Å². The van der Waals surface area contributed by atoms with Gasteiger partial charge in [-0.25, -0.2) is 4.39 Å². The third-order valence-corrected chi connectivity index (χ3v) is 6.59. The van der Waals surface area contributed by atoms with Gasteiger partial charge in [-0.05, 0) is 25.1 Å². The van der Waals surface area contributed by atoms with Crippen molar-refractivity contribution in [3.8, 4) is 23.2 Å². The van der Waals surface area contributed by atoms with Crippen molar-refractivity contribution in [2.75, 3.05) is 31.1 Å². The highest BCUT2D eigenvalue weighted by molar-refractivity contribution is 5.99. The van der Waals surface area contributed by atoms with E-state index in [0.29, 0.717) is 11.3 Å². The topological polar surface area (TPSA) is 124 Å². The number of benzene rings is 1. The number of hydrogen-bond acceptors (Lipinski definition) is 8. The molecule has 0 saturated carbocycles. The molecule has 0 bridgehead atoms. The normalized spacial score (nSPS) is 15.8. The number of amides is 1. The van der Waals surface area contributed by atoms with Crippen LogP contribution in [-0.4, -0.2) is 68.2 Å².